The number of aliphatic hydroxyl groups is 1. The summed E-state index contributed by atoms with van der Waals surface area (Å²) in [7, 11) is 0. The summed E-state index contributed by atoms with van der Waals surface area (Å²) in [4.78, 5) is 48.9. The molecular formula is C37H47N3O6. The number of ether oxygens (including phenoxy) is 2. The third kappa shape index (κ3) is 6.10. The lowest BCUT2D eigenvalue weighted by atomic mass is 9.70. The topological polar surface area (TPSA) is 99.6 Å². The Morgan fingerprint density at radius 3 is 2.43 bits per heavy atom. The van der Waals surface area contributed by atoms with E-state index in [0.717, 1.165) is 18.4 Å². The summed E-state index contributed by atoms with van der Waals surface area (Å²) in [5.74, 6) is -1.72. The first-order valence-corrected chi connectivity index (χ1v) is 16.5. The zero-order valence-corrected chi connectivity index (χ0v) is 27.1. The number of hydrogen-bond acceptors (Lipinski definition) is 6. The lowest BCUT2D eigenvalue weighted by Crippen LogP contribution is -2.59. The molecule has 5 rings (SSSR count). The van der Waals surface area contributed by atoms with Crippen LogP contribution in [0.15, 0.2) is 79.9 Å². The van der Waals surface area contributed by atoms with Crippen molar-refractivity contribution in [2.45, 2.75) is 69.7 Å². The quantitative estimate of drug-likeness (QED) is 0.277. The molecule has 3 saturated heterocycles. The van der Waals surface area contributed by atoms with E-state index in [1.807, 2.05) is 61.5 Å². The van der Waals surface area contributed by atoms with Gasteiger partial charge in [0.25, 0.3) is 0 Å². The van der Waals surface area contributed by atoms with Crippen molar-refractivity contribution in [2.24, 2.45) is 11.8 Å². The summed E-state index contributed by atoms with van der Waals surface area (Å²) in [5, 5.41) is 10.7. The highest BCUT2D eigenvalue weighted by molar-refractivity contribution is 6.03. The molecule has 0 aromatic heterocycles. The number of benzene rings is 2. The second-order valence-electron chi connectivity index (χ2n) is 12.4. The van der Waals surface area contributed by atoms with E-state index in [4.69, 9.17) is 9.47 Å². The smallest absolute Gasteiger partial charge is 0.248 e. The van der Waals surface area contributed by atoms with Crippen LogP contribution in [0.5, 0.6) is 5.75 Å². The van der Waals surface area contributed by atoms with Crippen LogP contribution in [0.1, 0.15) is 45.1 Å². The molecule has 3 aliphatic rings. The highest BCUT2D eigenvalue weighted by Gasteiger charge is 2.75. The van der Waals surface area contributed by atoms with Crippen molar-refractivity contribution in [3.05, 3.63) is 85.5 Å². The van der Waals surface area contributed by atoms with Crippen LogP contribution in [0, 0.1) is 11.8 Å². The standard InChI is InChI=1S/C37H47N3O6/c1-5-9-23-38(21-6-2)36(44)33-37-20-19-30(46-37)31(34(42)39(22-7-3)27-15-17-29(18-16-27)45-8-4)32(37)35(43)40(33)28(25-41)24-26-13-11-10-12-14-26/h6-7,10-18,28,30-33,41H,2-3,5,8-9,19-25H2,1,4H3/t28-,30-,31+,32+,33?,37?/m1/s1. The zero-order chi connectivity index (χ0) is 32.8. The van der Waals surface area contributed by atoms with Crippen LogP contribution >= 0.6 is 0 Å². The van der Waals surface area contributed by atoms with Gasteiger partial charge in [0.05, 0.1) is 37.2 Å². The van der Waals surface area contributed by atoms with Gasteiger partial charge in [0.15, 0.2) is 0 Å². The summed E-state index contributed by atoms with van der Waals surface area (Å²) in [6, 6.07) is 15.3. The Hall–Kier alpha value is -3.95. The average Bonchev–Trinajstić information content (AvgIpc) is 3.72. The minimum Gasteiger partial charge on any atom is -0.494 e. The highest BCUT2D eigenvalue weighted by Crippen LogP contribution is 2.59. The molecule has 246 valence electrons. The Morgan fingerprint density at radius 2 is 1.80 bits per heavy atom. The van der Waals surface area contributed by atoms with Crippen molar-refractivity contribution in [1.82, 2.24) is 9.80 Å². The van der Waals surface area contributed by atoms with Gasteiger partial charge in [-0.1, -0.05) is 55.8 Å². The van der Waals surface area contributed by atoms with Crippen LogP contribution in [-0.2, 0) is 25.5 Å². The number of carbonyl (C=O) groups excluding carboxylic acids is 3. The predicted octanol–water partition coefficient (Wildman–Crippen LogP) is 4.40. The summed E-state index contributed by atoms with van der Waals surface area (Å²) >= 11 is 0. The van der Waals surface area contributed by atoms with E-state index in [2.05, 4.69) is 20.1 Å². The monoisotopic (exact) mass is 629 g/mol. The van der Waals surface area contributed by atoms with Gasteiger partial charge in [0, 0.05) is 25.3 Å². The molecule has 2 unspecified atom stereocenters. The Morgan fingerprint density at radius 1 is 1.09 bits per heavy atom. The van der Waals surface area contributed by atoms with Gasteiger partial charge in [-0.05, 0) is 62.4 Å². The fraction of sp³-hybridized carbons (Fsp3) is 0.486. The molecule has 2 aromatic rings. The molecule has 0 saturated carbocycles. The number of aliphatic hydroxyl groups excluding tert-OH is 1. The average molecular weight is 630 g/mol. The molecule has 2 aromatic carbocycles. The number of nitrogens with zero attached hydrogens (tertiary/aromatic N) is 3. The summed E-state index contributed by atoms with van der Waals surface area (Å²) in [6.45, 7) is 13.0. The van der Waals surface area contributed by atoms with Gasteiger partial charge in [-0.25, -0.2) is 0 Å². The van der Waals surface area contributed by atoms with Gasteiger partial charge in [-0.2, -0.15) is 0 Å². The van der Waals surface area contributed by atoms with Gasteiger partial charge >= 0.3 is 0 Å². The molecule has 0 radical (unpaired) electrons. The largest absolute Gasteiger partial charge is 0.494 e. The molecule has 3 aliphatic heterocycles. The fourth-order valence-corrected chi connectivity index (χ4v) is 7.67. The van der Waals surface area contributed by atoms with Crippen molar-refractivity contribution in [3.8, 4) is 5.75 Å². The van der Waals surface area contributed by atoms with Crippen LogP contribution in [-0.4, -0.2) is 89.3 Å². The first-order chi connectivity index (χ1) is 22.3. The minimum atomic E-state index is -1.17. The molecule has 2 bridgehead atoms. The van der Waals surface area contributed by atoms with E-state index in [1.54, 1.807) is 26.9 Å². The molecule has 1 spiro atoms. The van der Waals surface area contributed by atoms with Gasteiger partial charge in [-0.15, -0.1) is 13.2 Å². The van der Waals surface area contributed by atoms with Crippen molar-refractivity contribution in [1.29, 1.82) is 0 Å². The van der Waals surface area contributed by atoms with Crippen LogP contribution in [0.4, 0.5) is 5.69 Å². The number of rotatable bonds is 16. The maximum absolute atomic E-state index is 14.8. The molecule has 3 amide bonds. The van der Waals surface area contributed by atoms with E-state index in [-0.39, 0.29) is 30.9 Å². The lowest BCUT2D eigenvalue weighted by Gasteiger charge is -2.39. The molecule has 1 N–H and O–H groups in total. The second-order valence-corrected chi connectivity index (χ2v) is 12.4. The van der Waals surface area contributed by atoms with Crippen molar-refractivity contribution in [2.75, 3.05) is 37.7 Å². The Kier molecular flexibility index (Phi) is 10.6. The number of hydrogen-bond donors (Lipinski definition) is 1. The van der Waals surface area contributed by atoms with E-state index in [1.165, 1.54) is 0 Å². The number of carbonyl (C=O) groups is 3. The molecular weight excluding hydrogens is 582 g/mol. The third-order valence-electron chi connectivity index (χ3n) is 9.66. The predicted molar refractivity (Wildman–Crippen MR) is 177 cm³/mol. The van der Waals surface area contributed by atoms with Crippen molar-refractivity contribution < 1.29 is 29.0 Å². The van der Waals surface area contributed by atoms with Crippen LogP contribution in [0.25, 0.3) is 0 Å². The summed E-state index contributed by atoms with van der Waals surface area (Å²) < 4.78 is 12.3. The normalized spacial score (nSPS) is 25.2. The molecule has 6 atom stereocenters. The lowest BCUT2D eigenvalue weighted by molar-refractivity contribution is -0.151. The van der Waals surface area contributed by atoms with Crippen LogP contribution in [0.3, 0.4) is 0 Å². The Balaban J connectivity index is 1.55. The molecule has 3 fully saturated rings. The molecule has 3 heterocycles. The van der Waals surface area contributed by atoms with Crippen LogP contribution in [0.2, 0.25) is 0 Å². The number of anilines is 1. The number of fused-ring (bicyclic) bond motifs is 1. The molecule has 9 nitrogen and oxygen atoms in total. The maximum atomic E-state index is 14.8. The van der Waals surface area contributed by atoms with Crippen molar-refractivity contribution in [3.63, 3.8) is 0 Å². The second kappa shape index (κ2) is 14.6. The highest BCUT2D eigenvalue weighted by atomic mass is 16.5. The molecule has 9 heteroatoms. The van der Waals surface area contributed by atoms with Crippen LogP contribution < -0.4 is 9.64 Å². The number of unbranched alkanes of at least 4 members (excludes halogenated alkanes) is 1. The third-order valence-corrected chi connectivity index (χ3v) is 9.66. The van der Waals surface area contributed by atoms with Gasteiger partial charge in [-0.3, -0.25) is 14.4 Å². The van der Waals surface area contributed by atoms with E-state index in [0.29, 0.717) is 50.4 Å². The van der Waals surface area contributed by atoms with Gasteiger partial charge < -0.3 is 29.3 Å². The van der Waals surface area contributed by atoms with E-state index < -0.39 is 35.6 Å². The summed E-state index contributed by atoms with van der Waals surface area (Å²) in [6.07, 6.45) is 5.96. The fourth-order valence-electron chi connectivity index (χ4n) is 7.67. The maximum Gasteiger partial charge on any atom is 0.248 e. The summed E-state index contributed by atoms with van der Waals surface area (Å²) in [5.41, 5.74) is 0.428. The van der Waals surface area contributed by atoms with Crippen molar-refractivity contribution >= 4 is 23.4 Å². The SMILES string of the molecule is C=CCN(CCCC)C(=O)C1N([C@@H](CO)Cc2ccccc2)C(=O)[C@@H]2[C@@H](C(=O)N(CC=C)c3ccc(OCC)cc3)[C@H]3CCC12O3. The van der Waals surface area contributed by atoms with E-state index in [9.17, 15) is 19.5 Å². The Labute approximate surface area is 272 Å². The number of amides is 3. The molecule has 46 heavy (non-hydrogen) atoms. The Bertz CT molecular complexity index is 1400. The zero-order valence-electron chi connectivity index (χ0n) is 27.1. The first kappa shape index (κ1) is 33.4. The van der Waals surface area contributed by atoms with Gasteiger partial charge in [0.1, 0.15) is 17.4 Å². The first-order valence-electron chi connectivity index (χ1n) is 16.5. The van der Waals surface area contributed by atoms with Gasteiger partial charge in [0.2, 0.25) is 17.7 Å². The minimum absolute atomic E-state index is 0.223. The van der Waals surface area contributed by atoms with E-state index >= 15 is 0 Å². The number of likely N-dealkylation sites (tertiary alicyclic amines) is 1. The molecule has 0 aliphatic carbocycles.